The molecule has 0 heterocycles. The van der Waals surface area contributed by atoms with Gasteiger partial charge in [0.25, 0.3) is 0 Å². The van der Waals surface area contributed by atoms with Crippen molar-refractivity contribution >= 4 is 5.97 Å². The number of hydrogen-bond acceptors (Lipinski definition) is 3. The summed E-state index contributed by atoms with van der Waals surface area (Å²) in [5.41, 5.74) is 1.02. The Morgan fingerprint density at radius 2 is 1.82 bits per heavy atom. The lowest BCUT2D eigenvalue weighted by molar-refractivity contribution is -0.150. The molecule has 3 rings (SSSR count). The van der Waals surface area contributed by atoms with E-state index in [9.17, 15) is 9.18 Å². The average Bonchev–Trinajstić information content (AvgIpc) is 2.73. The van der Waals surface area contributed by atoms with Gasteiger partial charge in [-0.05, 0) is 54.2 Å². The van der Waals surface area contributed by atoms with Crippen LogP contribution in [0, 0.1) is 29.5 Å². The first kappa shape index (κ1) is 15.5. The van der Waals surface area contributed by atoms with Gasteiger partial charge < -0.3 is 9.47 Å². The number of carbonyl (C=O) groups excluding carboxylic acids is 1. The fourth-order valence-electron chi connectivity index (χ4n) is 4.69. The fourth-order valence-corrected chi connectivity index (χ4v) is 4.69. The molecule has 0 N–H and O–H groups in total. The fraction of sp³-hybridized carbons (Fsp3) is 0.611. The maximum absolute atomic E-state index is 13.2. The normalized spacial score (nSPS) is 37.1. The molecular weight excluding hydrogens is 283 g/mol. The monoisotopic (exact) mass is 306 g/mol. The van der Waals surface area contributed by atoms with Gasteiger partial charge in [0.15, 0.2) is 0 Å². The van der Waals surface area contributed by atoms with Gasteiger partial charge >= 0.3 is 5.97 Å². The van der Waals surface area contributed by atoms with Crippen molar-refractivity contribution in [1.29, 1.82) is 0 Å². The summed E-state index contributed by atoms with van der Waals surface area (Å²) in [7, 11) is 3.20. The van der Waals surface area contributed by atoms with Gasteiger partial charge in [0, 0.05) is 7.11 Å². The Balaban J connectivity index is 1.97. The van der Waals surface area contributed by atoms with Crippen molar-refractivity contribution in [2.75, 3.05) is 14.2 Å². The molecule has 1 aromatic carbocycles. The summed E-state index contributed by atoms with van der Waals surface area (Å²) in [5.74, 6) is 0.686. The second kappa shape index (κ2) is 5.99. The Labute approximate surface area is 130 Å². The van der Waals surface area contributed by atoms with E-state index in [1.54, 1.807) is 19.2 Å². The first-order valence-corrected chi connectivity index (χ1v) is 7.93. The van der Waals surface area contributed by atoms with Crippen molar-refractivity contribution in [1.82, 2.24) is 0 Å². The molecule has 2 saturated carbocycles. The third kappa shape index (κ3) is 2.43. The summed E-state index contributed by atoms with van der Waals surface area (Å²) in [6.45, 7) is 2.21. The standard InChI is InChI=1S/C18H23FO3/c1-10-13-8-15(11-4-6-12(19)7-5-11)17(18(20)22-3)14(10)9-16(13)21-2/h4-7,10,13-17H,8-9H2,1-3H3/t10?,13-,14-,15+,16-,17+/m0/s1. The Morgan fingerprint density at radius 1 is 1.14 bits per heavy atom. The summed E-state index contributed by atoms with van der Waals surface area (Å²) in [4.78, 5) is 12.4. The lowest BCUT2D eigenvalue weighted by Gasteiger charge is -2.39. The predicted octanol–water partition coefficient (Wildman–Crippen LogP) is 3.39. The SMILES string of the molecule is COC(=O)[C@H]1[C@@H](c2ccc(F)cc2)C[C@H]2C(C)[C@@H]1C[C@@H]2OC. The van der Waals surface area contributed by atoms with Crippen LogP contribution in [0.5, 0.6) is 0 Å². The molecule has 2 aliphatic rings. The smallest absolute Gasteiger partial charge is 0.309 e. The molecule has 22 heavy (non-hydrogen) atoms. The number of methoxy groups -OCH3 is 2. The van der Waals surface area contributed by atoms with E-state index >= 15 is 0 Å². The minimum Gasteiger partial charge on any atom is -0.469 e. The van der Waals surface area contributed by atoms with E-state index in [0.29, 0.717) is 11.8 Å². The van der Waals surface area contributed by atoms with E-state index in [4.69, 9.17) is 9.47 Å². The number of esters is 1. The highest BCUT2D eigenvalue weighted by Crippen LogP contribution is 2.56. The third-order valence-electron chi connectivity index (χ3n) is 5.83. The van der Waals surface area contributed by atoms with Crippen LogP contribution >= 0.6 is 0 Å². The van der Waals surface area contributed by atoms with Gasteiger partial charge in [-0.2, -0.15) is 0 Å². The summed E-state index contributed by atoms with van der Waals surface area (Å²) >= 11 is 0. The van der Waals surface area contributed by atoms with Gasteiger partial charge in [0.1, 0.15) is 5.82 Å². The largest absolute Gasteiger partial charge is 0.469 e. The number of ether oxygens (including phenoxy) is 2. The number of hydrogen-bond donors (Lipinski definition) is 0. The molecule has 0 radical (unpaired) electrons. The minimum absolute atomic E-state index is 0.0828. The molecule has 1 aromatic rings. The van der Waals surface area contributed by atoms with Crippen LogP contribution in [0.1, 0.15) is 31.2 Å². The number of carbonyl (C=O) groups is 1. The Morgan fingerprint density at radius 3 is 2.41 bits per heavy atom. The maximum Gasteiger partial charge on any atom is 0.309 e. The highest BCUT2D eigenvalue weighted by Gasteiger charge is 2.54. The van der Waals surface area contributed by atoms with E-state index in [2.05, 4.69) is 6.92 Å². The van der Waals surface area contributed by atoms with Gasteiger partial charge in [-0.3, -0.25) is 4.79 Å². The van der Waals surface area contributed by atoms with Crippen molar-refractivity contribution in [3.63, 3.8) is 0 Å². The first-order valence-electron chi connectivity index (χ1n) is 7.93. The maximum atomic E-state index is 13.2. The second-order valence-corrected chi connectivity index (χ2v) is 6.64. The van der Waals surface area contributed by atoms with Crippen molar-refractivity contribution in [2.24, 2.45) is 23.7 Å². The van der Waals surface area contributed by atoms with Gasteiger partial charge in [0.2, 0.25) is 0 Å². The quantitative estimate of drug-likeness (QED) is 0.803. The van der Waals surface area contributed by atoms with E-state index in [1.807, 2.05) is 0 Å². The van der Waals surface area contributed by atoms with E-state index in [0.717, 1.165) is 18.4 Å². The van der Waals surface area contributed by atoms with E-state index in [1.165, 1.54) is 19.2 Å². The zero-order valence-corrected chi connectivity index (χ0v) is 13.3. The molecule has 0 saturated heterocycles. The van der Waals surface area contributed by atoms with Crippen LogP contribution in [0.25, 0.3) is 0 Å². The molecule has 2 aliphatic carbocycles. The lowest BCUT2D eigenvalue weighted by Crippen LogP contribution is -2.38. The second-order valence-electron chi connectivity index (χ2n) is 6.64. The van der Waals surface area contributed by atoms with Crippen LogP contribution in [0.3, 0.4) is 0 Å². The van der Waals surface area contributed by atoms with Crippen molar-refractivity contribution in [2.45, 2.75) is 31.8 Å². The molecule has 3 nitrogen and oxygen atoms in total. The summed E-state index contributed by atoms with van der Waals surface area (Å²) in [6.07, 6.45) is 2.00. The Hall–Kier alpha value is -1.42. The molecule has 2 bridgehead atoms. The molecule has 0 aromatic heterocycles. The molecule has 6 atom stereocenters. The van der Waals surface area contributed by atoms with E-state index in [-0.39, 0.29) is 35.6 Å². The topological polar surface area (TPSA) is 35.5 Å². The summed E-state index contributed by atoms with van der Waals surface area (Å²) < 4.78 is 23.9. The Kier molecular flexibility index (Phi) is 4.22. The number of rotatable bonds is 3. The van der Waals surface area contributed by atoms with Gasteiger partial charge in [0.05, 0.1) is 19.1 Å². The zero-order valence-electron chi connectivity index (χ0n) is 13.3. The first-order chi connectivity index (χ1) is 10.6. The number of halogens is 1. The molecule has 0 amide bonds. The van der Waals surface area contributed by atoms with Crippen LogP contribution in [-0.4, -0.2) is 26.3 Å². The van der Waals surface area contributed by atoms with Crippen LogP contribution in [0.4, 0.5) is 4.39 Å². The molecular formula is C18H23FO3. The molecule has 1 unspecified atom stereocenters. The highest BCUT2D eigenvalue weighted by molar-refractivity contribution is 5.74. The van der Waals surface area contributed by atoms with Crippen molar-refractivity contribution in [3.05, 3.63) is 35.6 Å². The lowest BCUT2D eigenvalue weighted by atomic mass is 9.65. The third-order valence-corrected chi connectivity index (χ3v) is 5.83. The average molecular weight is 306 g/mol. The predicted molar refractivity (Wildman–Crippen MR) is 80.8 cm³/mol. The minimum atomic E-state index is -0.250. The molecule has 4 heteroatoms. The van der Waals surface area contributed by atoms with Gasteiger partial charge in [-0.15, -0.1) is 0 Å². The van der Waals surface area contributed by atoms with Crippen LogP contribution in [0.15, 0.2) is 24.3 Å². The van der Waals surface area contributed by atoms with Crippen LogP contribution in [0.2, 0.25) is 0 Å². The molecule has 2 fully saturated rings. The number of benzene rings is 1. The van der Waals surface area contributed by atoms with Crippen molar-refractivity contribution in [3.8, 4) is 0 Å². The zero-order chi connectivity index (χ0) is 15.9. The molecule has 120 valence electrons. The molecule has 0 spiro atoms. The van der Waals surface area contributed by atoms with Gasteiger partial charge in [-0.1, -0.05) is 19.1 Å². The van der Waals surface area contributed by atoms with Gasteiger partial charge in [-0.25, -0.2) is 4.39 Å². The van der Waals surface area contributed by atoms with Crippen molar-refractivity contribution < 1.29 is 18.7 Å². The molecule has 0 aliphatic heterocycles. The summed E-state index contributed by atoms with van der Waals surface area (Å²) in [5, 5.41) is 0. The van der Waals surface area contributed by atoms with E-state index < -0.39 is 0 Å². The highest BCUT2D eigenvalue weighted by atomic mass is 19.1. The number of fused-ring (bicyclic) bond motifs is 2. The van der Waals surface area contributed by atoms with Crippen LogP contribution in [-0.2, 0) is 14.3 Å². The summed E-state index contributed by atoms with van der Waals surface area (Å²) in [6, 6.07) is 6.54. The Bertz CT molecular complexity index is 542. The van der Waals surface area contributed by atoms with Crippen LogP contribution < -0.4 is 0 Å².